The second-order valence-corrected chi connectivity index (χ2v) is 5.63. The number of guanidine groups is 1. The molecule has 29 heavy (non-hydrogen) atoms. The van der Waals surface area contributed by atoms with Crippen molar-refractivity contribution in [1.82, 2.24) is 10.3 Å². The number of anilines is 3. The third-order valence-electron chi connectivity index (χ3n) is 3.85. The van der Waals surface area contributed by atoms with Crippen molar-refractivity contribution in [3.63, 3.8) is 0 Å². The maximum atomic E-state index is 14.5. The van der Waals surface area contributed by atoms with Crippen LogP contribution in [0.2, 0.25) is 0 Å². The molecule has 1 aromatic heterocycles. The number of nitrogens with one attached hydrogen (secondary N) is 2. The topological polar surface area (TPSA) is 158 Å². The molecule has 0 radical (unpaired) electrons. The molecule has 1 aliphatic rings. The number of nitrogens with zero attached hydrogens (tertiary/aromatic N) is 4. The predicted octanol–water partition coefficient (Wildman–Crippen LogP) is 2.10. The Bertz CT molecular complexity index is 1100. The molecule has 1 aliphatic heterocycles. The zero-order valence-corrected chi connectivity index (χ0v) is 14.2. The van der Waals surface area contributed by atoms with Crippen LogP contribution in [0.1, 0.15) is 22.7 Å². The standard InChI is InChI=1S/C16H10F4N8O/c17-9-2-1-6(29-16(18,19)20)3-7(9)12-10-11(23)8(4-21)13(24)27-14(10)28-15(26-12)25-5-22/h1-3,12H,(H6,23,24,25,26,27,28). The van der Waals surface area contributed by atoms with Crippen molar-refractivity contribution in [2.45, 2.75) is 12.4 Å². The van der Waals surface area contributed by atoms with Gasteiger partial charge in [-0.2, -0.15) is 10.5 Å². The number of benzene rings is 1. The second-order valence-electron chi connectivity index (χ2n) is 5.63. The summed E-state index contributed by atoms with van der Waals surface area (Å²) >= 11 is 0. The second kappa shape index (κ2) is 7.05. The maximum absolute atomic E-state index is 14.5. The SMILES string of the molecule is N#CNC1=NC(c2cc(OC(F)(F)F)ccc2F)c2c(nc(N)c(C#N)c2N)N1. The van der Waals surface area contributed by atoms with Crippen LogP contribution in [0, 0.1) is 28.6 Å². The zero-order chi connectivity index (χ0) is 21.3. The maximum Gasteiger partial charge on any atom is 0.573 e. The minimum Gasteiger partial charge on any atom is -0.406 e. The number of alkyl halides is 3. The number of rotatable bonds is 2. The Balaban J connectivity index is 2.23. The van der Waals surface area contributed by atoms with Crippen molar-refractivity contribution in [3.05, 3.63) is 40.7 Å². The number of aromatic nitrogens is 1. The summed E-state index contributed by atoms with van der Waals surface area (Å²) in [5.41, 5.74) is 10.9. The summed E-state index contributed by atoms with van der Waals surface area (Å²) in [4.78, 5) is 8.04. The highest BCUT2D eigenvalue weighted by molar-refractivity contribution is 5.98. The lowest BCUT2D eigenvalue weighted by Gasteiger charge is -2.26. The van der Waals surface area contributed by atoms with E-state index in [2.05, 4.69) is 25.3 Å². The van der Waals surface area contributed by atoms with E-state index in [1.165, 1.54) is 0 Å². The number of fused-ring (bicyclic) bond motifs is 1. The number of nitriles is 2. The molecule has 1 atom stereocenters. The molecular formula is C16H10F4N8O. The lowest BCUT2D eigenvalue weighted by molar-refractivity contribution is -0.274. The van der Waals surface area contributed by atoms with E-state index in [-0.39, 0.29) is 40.0 Å². The van der Waals surface area contributed by atoms with Gasteiger partial charge in [-0.15, -0.1) is 13.2 Å². The summed E-state index contributed by atoms with van der Waals surface area (Å²) in [5.74, 6) is -2.07. The van der Waals surface area contributed by atoms with Crippen molar-refractivity contribution in [3.8, 4) is 18.0 Å². The fourth-order valence-electron chi connectivity index (χ4n) is 2.73. The van der Waals surface area contributed by atoms with Gasteiger partial charge in [-0.25, -0.2) is 14.4 Å². The van der Waals surface area contributed by atoms with Crippen LogP contribution in [0.4, 0.5) is 34.9 Å². The molecule has 13 heteroatoms. The first-order chi connectivity index (χ1) is 13.6. The molecule has 0 fully saturated rings. The Kier molecular flexibility index (Phi) is 4.74. The van der Waals surface area contributed by atoms with E-state index in [4.69, 9.17) is 16.7 Å². The Morgan fingerprint density at radius 2 is 1.97 bits per heavy atom. The molecule has 0 spiro atoms. The summed E-state index contributed by atoms with van der Waals surface area (Å²) in [5, 5.41) is 22.9. The molecule has 0 saturated carbocycles. The summed E-state index contributed by atoms with van der Waals surface area (Å²) in [6.45, 7) is 0. The van der Waals surface area contributed by atoms with Crippen LogP contribution in [-0.4, -0.2) is 17.3 Å². The molecule has 0 aliphatic carbocycles. The Hall–Kier alpha value is -4.26. The van der Waals surface area contributed by atoms with Gasteiger partial charge in [-0.1, -0.05) is 0 Å². The number of hydrogen-bond donors (Lipinski definition) is 4. The highest BCUT2D eigenvalue weighted by Crippen LogP contribution is 2.42. The third-order valence-corrected chi connectivity index (χ3v) is 3.85. The van der Waals surface area contributed by atoms with Crippen molar-refractivity contribution in [1.29, 1.82) is 10.5 Å². The first-order valence-corrected chi connectivity index (χ1v) is 7.68. The van der Waals surface area contributed by atoms with Gasteiger partial charge >= 0.3 is 6.36 Å². The number of aliphatic imine (C=N–C) groups is 1. The highest BCUT2D eigenvalue weighted by atomic mass is 19.4. The Labute approximate surface area is 160 Å². The molecule has 2 heterocycles. The normalized spacial score (nSPS) is 15.2. The molecule has 0 saturated heterocycles. The van der Waals surface area contributed by atoms with Crippen LogP contribution in [0.5, 0.6) is 5.75 Å². The van der Waals surface area contributed by atoms with Gasteiger partial charge in [0.1, 0.15) is 40.9 Å². The van der Waals surface area contributed by atoms with E-state index in [0.717, 1.165) is 18.2 Å². The van der Waals surface area contributed by atoms with Gasteiger partial charge in [-0.05, 0) is 18.2 Å². The fraction of sp³-hybridized carbons (Fsp3) is 0.125. The Morgan fingerprint density at radius 3 is 2.59 bits per heavy atom. The molecule has 1 unspecified atom stereocenters. The predicted molar refractivity (Wildman–Crippen MR) is 92.5 cm³/mol. The Morgan fingerprint density at radius 1 is 1.24 bits per heavy atom. The quantitative estimate of drug-likeness (QED) is 0.335. The minimum absolute atomic E-state index is 0.00213. The number of halogens is 4. The minimum atomic E-state index is -5.00. The van der Waals surface area contributed by atoms with Gasteiger partial charge in [-0.3, -0.25) is 5.32 Å². The number of hydrogen-bond acceptors (Lipinski definition) is 9. The molecular weight excluding hydrogens is 396 g/mol. The molecule has 0 amide bonds. The summed E-state index contributed by atoms with van der Waals surface area (Å²) in [6.07, 6.45) is -3.40. The first kappa shape index (κ1) is 19.5. The number of nitrogen functional groups attached to an aromatic ring is 2. The van der Waals surface area contributed by atoms with E-state index in [0.29, 0.717) is 0 Å². The monoisotopic (exact) mass is 406 g/mol. The summed E-state index contributed by atoms with van der Waals surface area (Å²) in [7, 11) is 0. The van der Waals surface area contributed by atoms with Crippen LogP contribution >= 0.6 is 0 Å². The lowest BCUT2D eigenvalue weighted by atomic mass is 9.94. The molecule has 3 rings (SSSR count). The van der Waals surface area contributed by atoms with Gasteiger partial charge in [0.2, 0.25) is 5.96 Å². The van der Waals surface area contributed by atoms with Gasteiger partial charge in [0.05, 0.1) is 5.69 Å². The summed E-state index contributed by atoms with van der Waals surface area (Å²) < 4.78 is 56.0. The smallest absolute Gasteiger partial charge is 0.406 e. The third kappa shape index (κ3) is 3.74. The van der Waals surface area contributed by atoms with Crippen molar-refractivity contribution in [2.24, 2.45) is 4.99 Å². The number of nitrogens with two attached hydrogens (primary N) is 2. The molecule has 6 N–H and O–H groups in total. The molecule has 2 aromatic rings. The van der Waals surface area contributed by atoms with E-state index in [1.807, 2.05) is 0 Å². The van der Waals surface area contributed by atoms with E-state index in [9.17, 15) is 22.8 Å². The molecule has 9 nitrogen and oxygen atoms in total. The average molecular weight is 406 g/mol. The largest absolute Gasteiger partial charge is 0.573 e. The average Bonchev–Trinajstić information content (AvgIpc) is 2.62. The van der Waals surface area contributed by atoms with Crippen LogP contribution in [0.25, 0.3) is 0 Å². The van der Waals surface area contributed by atoms with Crippen LogP contribution in [-0.2, 0) is 0 Å². The zero-order valence-electron chi connectivity index (χ0n) is 14.2. The van der Waals surface area contributed by atoms with Crippen LogP contribution < -0.4 is 26.8 Å². The van der Waals surface area contributed by atoms with Crippen LogP contribution in [0.15, 0.2) is 23.2 Å². The van der Waals surface area contributed by atoms with E-state index < -0.39 is 24.0 Å². The van der Waals surface area contributed by atoms with E-state index >= 15 is 0 Å². The van der Waals surface area contributed by atoms with E-state index in [1.54, 1.807) is 12.3 Å². The molecule has 148 valence electrons. The van der Waals surface area contributed by atoms with Crippen molar-refractivity contribution < 1.29 is 22.3 Å². The molecule has 1 aromatic carbocycles. The lowest BCUT2D eigenvalue weighted by Crippen LogP contribution is -2.33. The fourth-order valence-corrected chi connectivity index (χ4v) is 2.73. The van der Waals surface area contributed by atoms with Gasteiger partial charge in [0.25, 0.3) is 0 Å². The number of ether oxygens (including phenoxy) is 1. The highest BCUT2D eigenvalue weighted by Gasteiger charge is 2.34. The van der Waals surface area contributed by atoms with Gasteiger partial charge in [0, 0.05) is 11.1 Å². The number of pyridine rings is 1. The van der Waals surface area contributed by atoms with Gasteiger partial charge in [0.15, 0.2) is 6.19 Å². The van der Waals surface area contributed by atoms with Crippen molar-refractivity contribution in [2.75, 3.05) is 16.8 Å². The van der Waals surface area contributed by atoms with Gasteiger partial charge < -0.3 is 21.5 Å². The molecule has 0 bridgehead atoms. The van der Waals surface area contributed by atoms with Crippen LogP contribution in [0.3, 0.4) is 0 Å². The van der Waals surface area contributed by atoms with Crippen molar-refractivity contribution >= 4 is 23.3 Å². The first-order valence-electron chi connectivity index (χ1n) is 7.68. The summed E-state index contributed by atoms with van der Waals surface area (Å²) in [6, 6.07) is 2.75.